The summed E-state index contributed by atoms with van der Waals surface area (Å²) in [6, 6.07) is 0. The molecule has 1 rings (SSSR count). The molecule has 132 valence electrons. The molecule has 0 saturated carbocycles. The highest BCUT2D eigenvalue weighted by Crippen LogP contribution is 2.05. The number of rotatable bonds is 7. The van der Waals surface area contributed by atoms with E-state index in [1.165, 1.54) is 0 Å². The highest BCUT2D eigenvalue weighted by atomic mass is 16.2. The van der Waals surface area contributed by atoms with Crippen molar-refractivity contribution in [3.8, 4) is 0 Å². The Balaban J connectivity index is 2.35. The Morgan fingerprint density at radius 2 is 1.43 bits per heavy atom. The van der Waals surface area contributed by atoms with Crippen molar-refractivity contribution >= 4 is 17.7 Å². The first kappa shape index (κ1) is 19.4. The molecule has 7 nitrogen and oxygen atoms in total. The number of carbonyl (C=O) groups excluding carboxylic acids is 3. The lowest BCUT2D eigenvalue weighted by atomic mass is 10.2. The lowest BCUT2D eigenvalue weighted by Gasteiger charge is -2.34. The first-order chi connectivity index (χ1) is 10.8. The number of amides is 3. The van der Waals surface area contributed by atoms with Crippen LogP contribution >= 0.6 is 0 Å². The Hall–Kier alpha value is -1.63. The van der Waals surface area contributed by atoms with Gasteiger partial charge < -0.3 is 19.6 Å². The predicted octanol–water partition coefficient (Wildman–Crippen LogP) is -0.133. The monoisotopic (exact) mass is 326 g/mol. The van der Waals surface area contributed by atoms with Gasteiger partial charge in [-0.3, -0.25) is 14.4 Å². The fourth-order valence-electron chi connectivity index (χ4n) is 2.66. The highest BCUT2D eigenvalue weighted by molar-refractivity contribution is 5.79. The second kappa shape index (κ2) is 9.50. The molecule has 7 heteroatoms. The summed E-state index contributed by atoms with van der Waals surface area (Å²) in [6.45, 7) is 7.53. The number of hydrogen-bond donors (Lipinski definition) is 0. The summed E-state index contributed by atoms with van der Waals surface area (Å²) >= 11 is 0. The Bertz CT molecular complexity index is 418. The molecule has 0 aromatic heterocycles. The van der Waals surface area contributed by atoms with E-state index in [0.29, 0.717) is 45.7 Å². The fourth-order valence-corrected chi connectivity index (χ4v) is 2.66. The molecule has 3 amide bonds. The quantitative estimate of drug-likeness (QED) is 0.654. The van der Waals surface area contributed by atoms with Crippen LogP contribution in [0.5, 0.6) is 0 Å². The zero-order valence-electron chi connectivity index (χ0n) is 14.9. The van der Waals surface area contributed by atoms with Crippen LogP contribution < -0.4 is 0 Å². The molecular weight excluding hydrogens is 296 g/mol. The van der Waals surface area contributed by atoms with Gasteiger partial charge in [0.25, 0.3) is 0 Å². The molecule has 0 N–H and O–H groups in total. The highest BCUT2D eigenvalue weighted by Gasteiger charge is 2.22. The molecule has 0 aliphatic carbocycles. The number of piperazine rings is 1. The standard InChI is InChI=1S/C16H30N4O3/c1-14(21)18(8-5-7-17(3)4)9-6-16(23)20-12-10-19(11-13-20)15(2)22/h5-13H2,1-4H3. The van der Waals surface area contributed by atoms with Gasteiger partial charge >= 0.3 is 0 Å². The van der Waals surface area contributed by atoms with Crippen LogP contribution in [0.3, 0.4) is 0 Å². The van der Waals surface area contributed by atoms with Crippen LogP contribution in [-0.2, 0) is 14.4 Å². The van der Waals surface area contributed by atoms with Crippen LogP contribution in [0.1, 0.15) is 26.7 Å². The maximum Gasteiger partial charge on any atom is 0.224 e. The summed E-state index contributed by atoms with van der Waals surface area (Å²) in [4.78, 5) is 42.6. The molecule has 0 aromatic carbocycles. The van der Waals surface area contributed by atoms with Crippen LogP contribution in [0, 0.1) is 0 Å². The smallest absolute Gasteiger partial charge is 0.224 e. The third kappa shape index (κ3) is 6.99. The molecule has 0 atom stereocenters. The average molecular weight is 326 g/mol. The first-order valence-corrected chi connectivity index (χ1v) is 8.24. The first-order valence-electron chi connectivity index (χ1n) is 8.24. The third-order valence-corrected chi connectivity index (χ3v) is 4.15. The Morgan fingerprint density at radius 3 is 1.91 bits per heavy atom. The summed E-state index contributed by atoms with van der Waals surface area (Å²) < 4.78 is 0. The van der Waals surface area contributed by atoms with E-state index in [0.717, 1.165) is 13.0 Å². The van der Waals surface area contributed by atoms with Crippen LogP contribution in [-0.4, -0.2) is 97.2 Å². The molecule has 0 spiro atoms. The fraction of sp³-hybridized carbons (Fsp3) is 0.812. The van der Waals surface area contributed by atoms with Gasteiger partial charge in [0.2, 0.25) is 17.7 Å². The van der Waals surface area contributed by atoms with Gasteiger partial charge in [-0.25, -0.2) is 0 Å². The molecule has 0 radical (unpaired) electrons. The van der Waals surface area contributed by atoms with Gasteiger partial charge in [-0.05, 0) is 27.1 Å². The van der Waals surface area contributed by atoms with Crippen molar-refractivity contribution in [1.82, 2.24) is 19.6 Å². The second-order valence-electron chi connectivity index (χ2n) is 6.30. The maximum absolute atomic E-state index is 12.3. The number of carbonyl (C=O) groups is 3. The zero-order chi connectivity index (χ0) is 17.4. The van der Waals surface area contributed by atoms with Gasteiger partial charge in [-0.15, -0.1) is 0 Å². The molecule has 0 bridgehead atoms. The molecule has 1 aliphatic rings. The van der Waals surface area contributed by atoms with Crippen molar-refractivity contribution in [1.29, 1.82) is 0 Å². The van der Waals surface area contributed by atoms with Crippen LogP contribution in [0.25, 0.3) is 0 Å². The number of hydrogen-bond acceptors (Lipinski definition) is 4. The average Bonchev–Trinajstić information content (AvgIpc) is 2.49. The minimum Gasteiger partial charge on any atom is -0.342 e. The molecule has 23 heavy (non-hydrogen) atoms. The summed E-state index contributed by atoms with van der Waals surface area (Å²) in [7, 11) is 4.00. The van der Waals surface area contributed by atoms with E-state index in [4.69, 9.17) is 0 Å². The van der Waals surface area contributed by atoms with E-state index in [1.54, 1.807) is 28.5 Å². The van der Waals surface area contributed by atoms with E-state index in [2.05, 4.69) is 4.90 Å². The third-order valence-electron chi connectivity index (χ3n) is 4.15. The van der Waals surface area contributed by atoms with E-state index >= 15 is 0 Å². The van der Waals surface area contributed by atoms with E-state index < -0.39 is 0 Å². The van der Waals surface area contributed by atoms with E-state index in [1.807, 2.05) is 14.1 Å². The van der Waals surface area contributed by atoms with Gasteiger partial charge in [0.15, 0.2) is 0 Å². The Labute approximate surface area is 139 Å². The predicted molar refractivity (Wildman–Crippen MR) is 88.9 cm³/mol. The minimum absolute atomic E-state index is 0.0120. The van der Waals surface area contributed by atoms with Gasteiger partial charge in [0, 0.05) is 59.5 Å². The molecule has 1 heterocycles. The normalized spacial score (nSPS) is 15.0. The Morgan fingerprint density at radius 1 is 0.870 bits per heavy atom. The molecule has 1 saturated heterocycles. The topological polar surface area (TPSA) is 64.2 Å². The van der Waals surface area contributed by atoms with Crippen molar-refractivity contribution in [3.05, 3.63) is 0 Å². The van der Waals surface area contributed by atoms with E-state index in [9.17, 15) is 14.4 Å². The van der Waals surface area contributed by atoms with Gasteiger partial charge in [0.1, 0.15) is 0 Å². The molecule has 1 aliphatic heterocycles. The maximum atomic E-state index is 12.3. The van der Waals surface area contributed by atoms with Crippen molar-refractivity contribution in [2.75, 3.05) is 59.9 Å². The second-order valence-corrected chi connectivity index (χ2v) is 6.30. The lowest BCUT2D eigenvalue weighted by Crippen LogP contribution is -2.50. The van der Waals surface area contributed by atoms with Gasteiger partial charge in [0.05, 0.1) is 0 Å². The van der Waals surface area contributed by atoms with Crippen molar-refractivity contribution in [3.63, 3.8) is 0 Å². The summed E-state index contributed by atoms with van der Waals surface area (Å²) in [5, 5.41) is 0. The van der Waals surface area contributed by atoms with Crippen LogP contribution in [0.2, 0.25) is 0 Å². The van der Waals surface area contributed by atoms with Gasteiger partial charge in [-0.1, -0.05) is 0 Å². The van der Waals surface area contributed by atoms with Gasteiger partial charge in [-0.2, -0.15) is 0 Å². The summed E-state index contributed by atoms with van der Waals surface area (Å²) in [5.41, 5.74) is 0. The SMILES string of the molecule is CC(=O)N(CCCN(C)C)CCC(=O)N1CCN(C(C)=O)CC1. The molecule has 0 unspecified atom stereocenters. The lowest BCUT2D eigenvalue weighted by molar-refractivity contribution is -0.139. The van der Waals surface area contributed by atoms with Crippen LogP contribution in [0.15, 0.2) is 0 Å². The van der Waals surface area contributed by atoms with E-state index in [-0.39, 0.29) is 17.7 Å². The molecule has 1 fully saturated rings. The largest absolute Gasteiger partial charge is 0.342 e. The molecular formula is C16H30N4O3. The summed E-state index contributed by atoms with van der Waals surface area (Å²) in [6.07, 6.45) is 1.25. The Kier molecular flexibility index (Phi) is 8.02. The number of nitrogens with zero attached hydrogens (tertiary/aromatic N) is 4. The minimum atomic E-state index is 0.0120. The zero-order valence-corrected chi connectivity index (χ0v) is 14.9. The molecule has 0 aromatic rings. The van der Waals surface area contributed by atoms with Crippen molar-refractivity contribution in [2.45, 2.75) is 26.7 Å². The van der Waals surface area contributed by atoms with Crippen molar-refractivity contribution < 1.29 is 14.4 Å². The van der Waals surface area contributed by atoms with Crippen molar-refractivity contribution in [2.24, 2.45) is 0 Å². The van der Waals surface area contributed by atoms with Crippen LogP contribution in [0.4, 0.5) is 0 Å². The summed E-state index contributed by atoms with van der Waals surface area (Å²) in [5.74, 6) is 0.130.